The molecule has 2 aromatic rings. The molecule has 4 amide bonds. The number of benzene rings is 2. The average Bonchev–Trinajstić information content (AvgIpc) is 3.35. The first kappa shape index (κ1) is 41.1. The molecule has 4 aliphatic heterocycles. The lowest BCUT2D eigenvalue weighted by Gasteiger charge is -2.62. The number of hydrogen-bond donors (Lipinski definition) is 2. The number of likely N-dealkylation sites (tertiary alicyclic amines) is 2. The number of carbonyl (C=O) groups is 5. The summed E-state index contributed by atoms with van der Waals surface area (Å²) in [7, 11) is 0. The lowest BCUT2D eigenvalue weighted by molar-refractivity contribution is -0.956. The van der Waals surface area contributed by atoms with Gasteiger partial charge in [-0.1, -0.05) is 18.2 Å². The molecule has 2 N–H and O–H groups in total. The third-order valence-electron chi connectivity index (χ3n) is 12.2. The summed E-state index contributed by atoms with van der Waals surface area (Å²) >= 11 is 6.81. The van der Waals surface area contributed by atoms with Crippen LogP contribution in [-0.4, -0.2) is 136 Å². The molecular weight excluding hydrogens is 840 g/mol. The molecule has 0 aliphatic carbocycles. The molecule has 0 bridgehead atoms. The van der Waals surface area contributed by atoms with Gasteiger partial charge in [0.2, 0.25) is 5.91 Å². The SMILES string of the molecule is CCOC(=O)CCC(=O)N1CCN(C2CCN(C3(CC=O)CC(N4CCc5ccccc5NC4=O)CC[N@+]3(Cc3cc(Br)c(O)c(Br)c3)C(=O)[O-])CC2)CC1. The number of quaternary nitrogens is 1. The van der Waals surface area contributed by atoms with Crippen LogP contribution in [0.25, 0.3) is 0 Å². The average molecular weight is 891 g/mol. The Bertz CT molecular complexity index is 1740. The molecule has 298 valence electrons. The summed E-state index contributed by atoms with van der Waals surface area (Å²) < 4.78 is 5.26. The normalized spacial score (nSPS) is 25.4. The van der Waals surface area contributed by atoms with Gasteiger partial charge in [-0.2, -0.15) is 0 Å². The van der Waals surface area contributed by atoms with Gasteiger partial charge in [0, 0.05) is 88.4 Å². The molecule has 3 atom stereocenters. The number of esters is 1. The number of carbonyl (C=O) groups excluding carboxylic acids is 5. The summed E-state index contributed by atoms with van der Waals surface area (Å²) in [5.41, 5.74) is 1.19. The van der Waals surface area contributed by atoms with Crippen LogP contribution in [0.3, 0.4) is 0 Å². The van der Waals surface area contributed by atoms with Gasteiger partial charge < -0.3 is 39.7 Å². The minimum atomic E-state index is -1.29. The number of phenolic OH excluding ortho intramolecular Hbond substituents is 1. The van der Waals surface area contributed by atoms with Gasteiger partial charge in [0.15, 0.2) is 5.66 Å². The van der Waals surface area contributed by atoms with E-state index < -0.39 is 16.2 Å². The number of piperazine rings is 1. The smallest absolute Gasteiger partial charge is 0.322 e. The summed E-state index contributed by atoms with van der Waals surface area (Å²) in [6, 6.07) is 10.7. The summed E-state index contributed by atoms with van der Waals surface area (Å²) in [5, 5.41) is 27.3. The first-order chi connectivity index (χ1) is 26.4. The highest BCUT2D eigenvalue weighted by Gasteiger charge is 2.61. The minimum absolute atomic E-state index is 0.00117. The van der Waals surface area contributed by atoms with Crippen LogP contribution in [0.4, 0.5) is 15.3 Å². The number of carboxylic acid groups (broad SMARTS) is 1. The topological polar surface area (TPSA) is 163 Å². The number of nitrogens with one attached hydrogen (secondary N) is 1. The van der Waals surface area contributed by atoms with E-state index in [0.717, 1.165) is 30.4 Å². The second-order valence-electron chi connectivity index (χ2n) is 15.0. The van der Waals surface area contributed by atoms with Crippen molar-refractivity contribution in [1.82, 2.24) is 19.6 Å². The van der Waals surface area contributed by atoms with Gasteiger partial charge in [-0.25, -0.2) is 4.79 Å². The maximum absolute atomic E-state index is 13.8. The van der Waals surface area contributed by atoms with Crippen LogP contribution in [0.15, 0.2) is 45.3 Å². The summed E-state index contributed by atoms with van der Waals surface area (Å²) in [6.07, 6.45) is 2.36. The number of nitrogens with zero attached hydrogens (tertiary/aromatic N) is 5. The summed E-state index contributed by atoms with van der Waals surface area (Å²) in [5.74, 6) is -0.432. The monoisotopic (exact) mass is 888 g/mol. The Kier molecular flexibility index (Phi) is 13.2. The van der Waals surface area contributed by atoms with E-state index in [9.17, 15) is 34.2 Å². The van der Waals surface area contributed by atoms with E-state index in [0.29, 0.717) is 73.2 Å². The summed E-state index contributed by atoms with van der Waals surface area (Å²) in [6.45, 7) is 6.15. The number of para-hydroxylation sites is 1. The predicted molar refractivity (Wildman–Crippen MR) is 209 cm³/mol. The number of rotatable bonds is 11. The van der Waals surface area contributed by atoms with Gasteiger partial charge in [0.25, 0.3) is 6.09 Å². The molecule has 3 saturated heterocycles. The number of ether oxygens (including phenoxy) is 1. The third kappa shape index (κ3) is 8.58. The number of urea groups is 1. The van der Waals surface area contributed by atoms with Gasteiger partial charge >= 0.3 is 12.0 Å². The lowest BCUT2D eigenvalue weighted by atomic mass is 9.81. The third-order valence-corrected chi connectivity index (χ3v) is 13.4. The molecule has 2 unspecified atom stereocenters. The highest BCUT2D eigenvalue weighted by Crippen LogP contribution is 2.46. The number of fused-ring (bicyclic) bond motifs is 1. The number of anilines is 1. The van der Waals surface area contributed by atoms with Gasteiger partial charge in [0.05, 0.1) is 34.9 Å². The van der Waals surface area contributed by atoms with Crippen LogP contribution in [0, 0.1) is 0 Å². The minimum Gasteiger partial charge on any atom is -0.506 e. The first-order valence-electron chi connectivity index (χ1n) is 19.2. The van der Waals surface area contributed by atoms with E-state index in [-0.39, 0.29) is 81.1 Å². The van der Waals surface area contributed by atoms with Crippen LogP contribution in [0.5, 0.6) is 5.75 Å². The second kappa shape index (κ2) is 17.7. The molecule has 2 aromatic carbocycles. The maximum atomic E-state index is 13.8. The van der Waals surface area contributed by atoms with Crippen molar-refractivity contribution in [3.05, 3.63) is 56.5 Å². The van der Waals surface area contributed by atoms with Crippen molar-refractivity contribution in [3.63, 3.8) is 0 Å². The van der Waals surface area contributed by atoms with E-state index in [1.165, 1.54) is 0 Å². The van der Waals surface area contributed by atoms with Crippen molar-refractivity contribution < 1.29 is 43.4 Å². The fourth-order valence-electron chi connectivity index (χ4n) is 9.31. The molecule has 55 heavy (non-hydrogen) atoms. The molecule has 4 aliphatic rings. The van der Waals surface area contributed by atoms with Crippen molar-refractivity contribution in [2.75, 3.05) is 64.3 Å². The molecule has 6 rings (SSSR count). The van der Waals surface area contributed by atoms with E-state index in [1.807, 2.05) is 29.2 Å². The highest BCUT2D eigenvalue weighted by molar-refractivity contribution is 9.11. The number of phenols is 1. The van der Waals surface area contributed by atoms with Gasteiger partial charge in [-0.05, 0) is 81.8 Å². The number of amides is 4. The first-order valence-corrected chi connectivity index (χ1v) is 20.8. The van der Waals surface area contributed by atoms with Crippen LogP contribution in [-0.2, 0) is 32.1 Å². The van der Waals surface area contributed by atoms with Gasteiger partial charge in [-0.3, -0.25) is 23.9 Å². The molecule has 4 heterocycles. The zero-order valence-electron chi connectivity index (χ0n) is 31.2. The number of aromatic hydroxyl groups is 1. The Morgan fingerprint density at radius 3 is 2.35 bits per heavy atom. The maximum Gasteiger partial charge on any atom is 0.322 e. The second-order valence-corrected chi connectivity index (χ2v) is 16.7. The number of hydrogen-bond acceptors (Lipinski definition) is 10. The van der Waals surface area contributed by atoms with Crippen LogP contribution in [0.2, 0.25) is 0 Å². The molecule has 14 nitrogen and oxygen atoms in total. The lowest BCUT2D eigenvalue weighted by Crippen LogP contribution is -2.80. The zero-order valence-corrected chi connectivity index (χ0v) is 34.4. The molecule has 3 fully saturated rings. The number of halogens is 2. The fourth-order valence-corrected chi connectivity index (χ4v) is 10.6. The Labute approximate surface area is 338 Å². The van der Waals surface area contributed by atoms with Crippen molar-refractivity contribution >= 4 is 67.8 Å². The molecule has 16 heteroatoms. The van der Waals surface area contributed by atoms with Crippen LogP contribution >= 0.6 is 31.9 Å². The Morgan fingerprint density at radius 1 is 1.00 bits per heavy atom. The van der Waals surface area contributed by atoms with Crippen molar-refractivity contribution in [2.24, 2.45) is 0 Å². The van der Waals surface area contributed by atoms with Crippen molar-refractivity contribution in [3.8, 4) is 5.75 Å². The highest BCUT2D eigenvalue weighted by atomic mass is 79.9. The Morgan fingerprint density at radius 2 is 1.69 bits per heavy atom. The fraction of sp³-hybridized carbons (Fsp3) is 0.564. The number of aldehydes is 1. The summed E-state index contributed by atoms with van der Waals surface area (Å²) in [4.78, 5) is 73.2. The van der Waals surface area contributed by atoms with Crippen LogP contribution < -0.4 is 10.4 Å². The molecular formula is C39H50Br2N6O8. The van der Waals surface area contributed by atoms with Crippen LogP contribution in [0.1, 0.15) is 63.0 Å². The molecule has 0 aromatic heterocycles. The zero-order chi connectivity index (χ0) is 39.3. The Balaban J connectivity index is 1.24. The van der Waals surface area contributed by atoms with Crippen molar-refractivity contribution in [2.45, 2.75) is 82.6 Å². The molecule has 0 spiro atoms. The predicted octanol–water partition coefficient (Wildman–Crippen LogP) is 4.07. The van der Waals surface area contributed by atoms with E-state index in [1.54, 1.807) is 24.0 Å². The van der Waals surface area contributed by atoms with E-state index >= 15 is 0 Å². The molecule has 0 saturated carbocycles. The van der Waals surface area contributed by atoms with Gasteiger partial charge in [-0.15, -0.1) is 0 Å². The van der Waals surface area contributed by atoms with Gasteiger partial charge in [0.1, 0.15) is 18.6 Å². The number of piperidine rings is 2. The van der Waals surface area contributed by atoms with E-state index in [2.05, 4.69) is 47.0 Å². The quantitative estimate of drug-likeness (QED) is 0.191. The standard InChI is InChI=1S/C39H50Br2N6O8/c1-2-55-35(50)8-7-34(49)44-19-17-43(18-20-44)29-10-14-45(15-11-29)39(13-22-48)25-30(46-16-9-28-5-3-4-6-33(28)42-37(46)52)12-21-47(39,38(53)54)26-27-23-31(40)36(51)32(41)24-27/h3-6,22-24,29-30H,2,7-21,25-26H2,1H3,(H2-,42,51,52,53,54)/t30?,39?,47-/m0/s1. The molecule has 0 radical (unpaired) electrons. The van der Waals surface area contributed by atoms with Crippen molar-refractivity contribution in [1.29, 1.82) is 0 Å². The Hall–Kier alpha value is -3.57. The van der Waals surface area contributed by atoms with E-state index in [4.69, 9.17) is 4.74 Å². The largest absolute Gasteiger partial charge is 0.506 e.